The fourth-order valence-corrected chi connectivity index (χ4v) is 3.36. The Labute approximate surface area is 178 Å². The van der Waals surface area contributed by atoms with Gasteiger partial charge in [0.05, 0.1) is 0 Å². The van der Waals surface area contributed by atoms with Crippen LogP contribution in [0.1, 0.15) is 25.0 Å². The third-order valence-corrected chi connectivity index (χ3v) is 4.81. The maximum absolute atomic E-state index is 12.3. The first-order chi connectivity index (χ1) is 14.0. The number of amides is 1. The van der Waals surface area contributed by atoms with Crippen molar-refractivity contribution in [1.82, 2.24) is 5.32 Å². The molecule has 3 aromatic rings. The Kier molecular flexibility index (Phi) is 6.69. The van der Waals surface area contributed by atoms with Crippen molar-refractivity contribution in [2.75, 3.05) is 0 Å². The molecule has 0 saturated carbocycles. The molecule has 29 heavy (non-hydrogen) atoms. The number of hydrogen-bond donors (Lipinski definition) is 1. The largest absolute Gasteiger partial charge is 0.488 e. The Balaban J connectivity index is 1.90. The third kappa shape index (κ3) is 5.24. The van der Waals surface area contributed by atoms with E-state index in [1.807, 2.05) is 62.4 Å². The molecule has 146 valence electrons. The molecule has 0 spiro atoms. The summed E-state index contributed by atoms with van der Waals surface area (Å²) in [5, 5.41) is 14.5. The number of nitrogens with zero attached hydrogens (tertiary/aromatic N) is 1. The minimum absolute atomic E-state index is 0.0341. The topological polar surface area (TPSA) is 62.1 Å². The lowest BCUT2D eigenvalue weighted by molar-refractivity contribution is -0.117. The van der Waals surface area contributed by atoms with Gasteiger partial charge in [-0.1, -0.05) is 58.4 Å². The maximum Gasteiger partial charge on any atom is 0.262 e. The summed E-state index contributed by atoms with van der Waals surface area (Å²) in [5.41, 5.74) is 1.76. The summed E-state index contributed by atoms with van der Waals surface area (Å²) < 4.78 is 6.92. The van der Waals surface area contributed by atoms with E-state index in [0.29, 0.717) is 17.9 Å². The average Bonchev–Trinajstić information content (AvgIpc) is 2.70. The van der Waals surface area contributed by atoms with E-state index in [0.717, 1.165) is 20.8 Å². The van der Waals surface area contributed by atoms with Gasteiger partial charge in [0.1, 0.15) is 24.0 Å². The van der Waals surface area contributed by atoms with Crippen molar-refractivity contribution in [3.05, 3.63) is 81.8 Å². The Morgan fingerprint density at radius 3 is 2.69 bits per heavy atom. The molecule has 0 aliphatic rings. The molecule has 0 aliphatic heterocycles. The smallest absolute Gasteiger partial charge is 0.262 e. The molecule has 0 saturated heterocycles. The molecule has 3 rings (SSSR count). The van der Waals surface area contributed by atoms with Crippen LogP contribution in [0.4, 0.5) is 0 Å². The second kappa shape index (κ2) is 9.40. The van der Waals surface area contributed by atoms with E-state index < -0.39 is 5.91 Å². The summed E-state index contributed by atoms with van der Waals surface area (Å²) in [6.07, 6.45) is 1.56. The number of hydrogen-bond acceptors (Lipinski definition) is 3. The number of ether oxygens (including phenoxy) is 1. The number of nitrogens with one attached hydrogen (secondary N) is 1. The normalized spacial score (nSPS) is 11.3. The Hall–Kier alpha value is -3.10. The van der Waals surface area contributed by atoms with Crippen LogP contribution < -0.4 is 10.1 Å². The van der Waals surface area contributed by atoms with Gasteiger partial charge in [-0.25, -0.2) is 0 Å². The Bertz CT molecular complexity index is 1110. The van der Waals surface area contributed by atoms with Crippen LogP contribution in [0.25, 0.3) is 16.8 Å². The summed E-state index contributed by atoms with van der Waals surface area (Å²) in [5.74, 6) is 0.203. The zero-order chi connectivity index (χ0) is 20.8. The zero-order valence-electron chi connectivity index (χ0n) is 16.3. The van der Waals surface area contributed by atoms with E-state index in [1.54, 1.807) is 6.08 Å². The number of halogens is 1. The summed E-state index contributed by atoms with van der Waals surface area (Å²) >= 11 is 3.45. The van der Waals surface area contributed by atoms with Crippen LogP contribution in [0.15, 0.2) is 70.7 Å². The number of carbonyl (C=O) groups excluding carboxylic acids is 1. The van der Waals surface area contributed by atoms with Crippen LogP contribution in [-0.2, 0) is 11.4 Å². The van der Waals surface area contributed by atoms with Crippen LogP contribution >= 0.6 is 15.9 Å². The SMILES string of the molecule is CC(C)NC(=O)/C(C#N)=C\c1cc(Br)ccc1OCc1cccc2ccccc12. The van der Waals surface area contributed by atoms with E-state index in [9.17, 15) is 10.1 Å². The first-order valence-electron chi connectivity index (χ1n) is 9.29. The van der Waals surface area contributed by atoms with E-state index in [2.05, 4.69) is 39.4 Å². The highest BCUT2D eigenvalue weighted by Crippen LogP contribution is 2.27. The van der Waals surface area contributed by atoms with E-state index in [4.69, 9.17) is 4.74 Å². The van der Waals surface area contributed by atoms with Gasteiger partial charge >= 0.3 is 0 Å². The minimum Gasteiger partial charge on any atom is -0.488 e. The molecule has 5 heteroatoms. The summed E-state index contributed by atoms with van der Waals surface area (Å²) in [4.78, 5) is 12.3. The molecule has 3 aromatic carbocycles. The van der Waals surface area contributed by atoms with Crippen molar-refractivity contribution < 1.29 is 9.53 Å². The first-order valence-corrected chi connectivity index (χ1v) is 10.1. The van der Waals surface area contributed by atoms with Crippen molar-refractivity contribution in [2.24, 2.45) is 0 Å². The summed E-state index contributed by atoms with van der Waals surface area (Å²) in [6, 6.07) is 21.7. The highest BCUT2D eigenvalue weighted by Gasteiger charge is 2.12. The third-order valence-electron chi connectivity index (χ3n) is 4.32. The van der Waals surface area contributed by atoms with Crippen LogP contribution in [0.3, 0.4) is 0 Å². The molecule has 1 N–H and O–H groups in total. The molecule has 0 heterocycles. The van der Waals surface area contributed by atoms with Gasteiger partial charge in [-0.05, 0) is 54.5 Å². The van der Waals surface area contributed by atoms with Gasteiger partial charge in [0, 0.05) is 16.1 Å². The van der Waals surface area contributed by atoms with Gasteiger partial charge < -0.3 is 10.1 Å². The molecule has 1 amide bonds. The van der Waals surface area contributed by atoms with Gasteiger partial charge in [0.15, 0.2) is 0 Å². The second-order valence-corrected chi connectivity index (χ2v) is 7.82. The standard InChI is InChI=1S/C24H21BrN2O2/c1-16(2)27-24(28)20(14-26)12-19-13-21(25)10-11-23(19)29-15-18-8-5-7-17-6-3-4-9-22(17)18/h3-13,16H,15H2,1-2H3,(H,27,28)/b20-12-. The Morgan fingerprint density at radius 1 is 1.17 bits per heavy atom. The highest BCUT2D eigenvalue weighted by atomic mass is 79.9. The van der Waals surface area contributed by atoms with Crippen molar-refractivity contribution in [3.63, 3.8) is 0 Å². The van der Waals surface area contributed by atoms with Crippen molar-refractivity contribution in [1.29, 1.82) is 5.26 Å². The van der Waals surface area contributed by atoms with Gasteiger partial charge in [-0.2, -0.15) is 5.26 Å². The van der Waals surface area contributed by atoms with Gasteiger partial charge in [0.2, 0.25) is 0 Å². The molecule has 0 fully saturated rings. The number of rotatable bonds is 6. The quantitative estimate of drug-likeness (QED) is 0.393. The van der Waals surface area contributed by atoms with E-state index >= 15 is 0 Å². The first kappa shape index (κ1) is 20.6. The van der Waals surface area contributed by atoms with Gasteiger partial charge in [-0.15, -0.1) is 0 Å². The van der Waals surface area contributed by atoms with Crippen LogP contribution in [0, 0.1) is 11.3 Å². The second-order valence-electron chi connectivity index (χ2n) is 6.91. The lowest BCUT2D eigenvalue weighted by Gasteiger charge is -2.12. The van der Waals surface area contributed by atoms with E-state index in [-0.39, 0.29) is 11.6 Å². The molecule has 4 nitrogen and oxygen atoms in total. The van der Waals surface area contributed by atoms with Crippen LogP contribution in [0.5, 0.6) is 5.75 Å². The minimum atomic E-state index is -0.400. The van der Waals surface area contributed by atoms with Gasteiger partial charge in [0.25, 0.3) is 5.91 Å². The molecule has 0 unspecified atom stereocenters. The van der Waals surface area contributed by atoms with E-state index in [1.165, 1.54) is 0 Å². The molecule has 0 radical (unpaired) electrons. The summed E-state index contributed by atoms with van der Waals surface area (Å²) in [7, 11) is 0. The van der Waals surface area contributed by atoms with Gasteiger partial charge in [-0.3, -0.25) is 4.79 Å². The molecular formula is C24H21BrN2O2. The van der Waals surface area contributed by atoms with Crippen molar-refractivity contribution >= 4 is 38.7 Å². The molecular weight excluding hydrogens is 428 g/mol. The number of carbonyl (C=O) groups is 1. The zero-order valence-corrected chi connectivity index (χ0v) is 17.9. The fraction of sp³-hybridized carbons (Fsp3) is 0.167. The number of fused-ring (bicyclic) bond motifs is 1. The lowest BCUT2D eigenvalue weighted by atomic mass is 10.1. The van der Waals surface area contributed by atoms with Crippen molar-refractivity contribution in [2.45, 2.75) is 26.5 Å². The molecule has 0 aromatic heterocycles. The molecule has 0 atom stereocenters. The predicted octanol–water partition coefficient (Wildman–Crippen LogP) is 5.61. The number of nitriles is 1. The lowest BCUT2D eigenvalue weighted by Crippen LogP contribution is -2.30. The average molecular weight is 449 g/mol. The maximum atomic E-state index is 12.3. The number of benzene rings is 3. The van der Waals surface area contributed by atoms with Crippen molar-refractivity contribution in [3.8, 4) is 11.8 Å². The monoisotopic (exact) mass is 448 g/mol. The predicted molar refractivity (Wildman–Crippen MR) is 119 cm³/mol. The fourth-order valence-electron chi connectivity index (χ4n) is 2.98. The highest BCUT2D eigenvalue weighted by molar-refractivity contribution is 9.10. The molecule has 0 aliphatic carbocycles. The van der Waals surface area contributed by atoms with Crippen LogP contribution in [-0.4, -0.2) is 11.9 Å². The van der Waals surface area contributed by atoms with Crippen LogP contribution in [0.2, 0.25) is 0 Å². The molecule has 0 bridgehead atoms. The Morgan fingerprint density at radius 2 is 1.93 bits per heavy atom. The summed E-state index contributed by atoms with van der Waals surface area (Å²) in [6.45, 7) is 4.08.